The van der Waals surface area contributed by atoms with E-state index in [0.29, 0.717) is 6.42 Å². The molecule has 2 unspecified atom stereocenters. The third-order valence-corrected chi connectivity index (χ3v) is 16.6. The van der Waals surface area contributed by atoms with Crippen LogP contribution in [0, 0.1) is 0 Å². The second kappa shape index (κ2) is 71.1. The lowest BCUT2D eigenvalue weighted by atomic mass is 10.0. The molecule has 0 aromatic heterocycles. The number of aliphatic hydroxyl groups is 2. The third-order valence-electron chi connectivity index (χ3n) is 16.6. The van der Waals surface area contributed by atoms with Gasteiger partial charge in [-0.3, -0.25) is 4.79 Å². The van der Waals surface area contributed by atoms with Gasteiger partial charge in [-0.05, 0) is 83.5 Å². The van der Waals surface area contributed by atoms with Gasteiger partial charge in [-0.25, -0.2) is 0 Å². The molecule has 0 aliphatic heterocycles. The maximum absolute atomic E-state index is 12.5. The quantitative estimate of drug-likeness (QED) is 0.0420. The molecule has 0 fully saturated rings. The summed E-state index contributed by atoms with van der Waals surface area (Å²) in [5.74, 6) is -0.0720. The zero-order valence-electron chi connectivity index (χ0n) is 54.1. The summed E-state index contributed by atoms with van der Waals surface area (Å²) < 4.78 is 0. The first-order valence-electron chi connectivity index (χ1n) is 36.2. The first kappa shape index (κ1) is 77.8. The van der Waals surface area contributed by atoms with E-state index in [9.17, 15) is 15.0 Å². The van der Waals surface area contributed by atoms with E-state index in [1.54, 1.807) is 6.08 Å². The van der Waals surface area contributed by atoms with Gasteiger partial charge < -0.3 is 15.5 Å². The number of nitrogens with one attached hydrogen (secondary N) is 1. The predicted molar refractivity (Wildman–Crippen MR) is 359 cm³/mol. The van der Waals surface area contributed by atoms with E-state index in [4.69, 9.17) is 0 Å². The van der Waals surface area contributed by atoms with Crippen molar-refractivity contribution in [3.8, 4) is 0 Å². The van der Waals surface area contributed by atoms with E-state index in [1.807, 2.05) is 6.08 Å². The van der Waals surface area contributed by atoms with E-state index in [0.717, 1.165) is 51.4 Å². The van der Waals surface area contributed by atoms with Crippen LogP contribution in [0.25, 0.3) is 0 Å². The van der Waals surface area contributed by atoms with Crippen LogP contribution in [0.5, 0.6) is 0 Å². The highest BCUT2D eigenvalue weighted by Gasteiger charge is 2.18. The van der Waals surface area contributed by atoms with Crippen molar-refractivity contribution in [2.75, 3.05) is 6.61 Å². The van der Waals surface area contributed by atoms with Crippen LogP contribution in [0.15, 0.2) is 72.9 Å². The van der Waals surface area contributed by atoms with Crippen molar-refractivity contribution in [2.45, 2.75) is 398 Å². The summed E-state index contributed by atoms with van der Waals surface area (Å²) in [6.07, 6.45) is 103. The molecule has 468 valence electrons. The Morgan fingerprint density at radius 1 is 0.300 bits per heavy atom. The second-order valence-electron chi connectivity index (χ2n) is 24.6. The molecule has 2 atom stereocenters. The summed E-state index contributed by atoms with van der Waals surface area (Å²) in [6, 6.07) is -0.649. The highest BCUT2D eigenvalue weighted by molar-refractivity contribution is 5.76. The Balaban J connectivity index is 3.47. The Labute approximate surface area is 501 Å². The zero-order chi connectivity index (χ0) is 57.6. The molecular formula is C76H141NO3. The molecule has 3 N–H and O–H groups in total. The summed E-state index contributed by atoms with van der Waals surface area (Å²) in [7, 11) is 0. The van der Waals surface area contributed by atoms with E-state index >= 15 is 0 Å². The highest BCUT2D eigenvalue weighted by atomic mass is 16.3. The Morgan fingerprint density at radius 2 is 0.525 bits per heavy atom. The Morgan fingerprint density at radius 3 is 0.812 bits per heavy atom. The van der Waals surface area contributed by atoms with Gasteiger partial charge in [0.15, 0.2) is 0 Å². The summed E-state index contributed by atoms with van der Waals surface area (Å²) in [4.78, 5) is 12.5. The summed E-state index contributed by atoms with van der Waals surface area (Å²) >= 11 is 0. The van der Waals surface area contributed by atoms with Crippen LogP contribution in [0.3, 0.4) is 0 Å². The fourth-order valence-corrected chi connectivity index (χ4v) is 11.2. The normalized spacial score (nSPS) is 13.1. The molecule has 0 aromatic rings. The van der Waals surface area contributed by atoms with Crippen LogP contribution in [0.2, 0.25) is 0 Å². The number of hydrogen-bond donors (Lipinski definition) is 3. The van der Waals surface area contributed by atoms with Gasteiger partial charge in [-0.2, -0.15) is 0 Å². The minimum atomic E-state index is -0.873. The number of aliphatic hydroxyl groups excluding tert-OH is 2. The van der Waals surface area contributed by atoms with Crippen LogP contribution in [-0.2, 0) is 4.79 Å². The molecule has 0 spiro atoms. The van der Waals surface area contributed by atoms with Gasteiger partial charge in [0.25, 0.3) is 0 Å². The molecule has 0 aromatic carbocycles. The molecule has 0 saturated heterocycles. The van der Waals surface area contributed by atoms with Crippen molar-refractivity contribution in [3.63, 3.8) is 0 Å². The molecule has 80 heavy (non-hydrogen) atoms. The van der Waals surface area contributed by atoms with Crippen molar-refractivity contribution < 1.29 is 15.0 Å². The average Bonchev–Trinajstić information content (AvgIpc) is 3.46. The van der Waals surface area contributed by atoms with Crippen molar-refractivity contribution in [2.24, 2.45) is 0 Å². The molecule has 0 rings (SSSR count). The number of hydrogen-bond acceptors (Lipinski definition) is 3. The van der Waals surface area contributed by atoms with E-state index < -0.39 is 12.1 Å². The number of unbranched alkanes of at least 4 members (excludes halogenated alkanes) is 50. The van der Waals surface area contributed by atoms with Crippen molar-refractivity contribution in [1.29, 1.82) is 0 Å². The van der Waals surface area contributed by atoms with Crippen molar-refractivity contribution in [3.05, 3.63) is 72.9 Å². The smallest absolute Gasteiger partial charge is 0.220 e. The molecule has 4 nitrogen and oxygen atoms in total. The van der Waals surface area contributed by atoms with E-state index in [1.165, 1.54) is 315 Å². The minimum absolute atomic E-state index is 0.0720. The fourth-order valence-electron chi connectivity index (χ4n) is 11.2. The molecule has 1 amide bonds. The highest BCUT2D eigenvalue weighted by Crippen LogP contribution is 2.18. The van der Waals surface area contributed by atoms with Crippen LogP contribution in [0.1, 0.15) is 386 Å². The molecule has 0 aliphatic carbocycles. The zero-order valence-corrected chi connectivity index (χ0v) is 54.1. The maximum atomic E-state index is 12.5. The SMILES string of the molecule is CCCCCCC/C=C\C/C=C\C/C=C\CCCCCCCCCCCCCCCCCCCCCCCCCCC(=O)NC(CO)C(O)/C=C/CC/C=C/CC/C=C/CCCCCCCCCCCCCCCCCCCCC. The lowest BCUT2D eigenvalue weighted by Gasteiger charge is -2.19. The average molecular weight is 1120 g/mol. The Hall–Kier alpha value is -2.17. The lowest BCUT2D eigenvalue weighted by molar-refractivity contribution is -0.123. The molecule has 0 bridgehead atoms. The van der Waals surface area contributed by atoms with Crippen LogP contribution in [-0.4, -0.2) is 34.9 Å². The molecular weight excluding hydrogens is 975 g/mol. The van der Waals surface area contributed by atoms with E-state index in [-0.39, 0.29) is 12.5 Å². The molecule has 0 aliphatic rings. The van der Waals surface area contributed by atoms with Gasteiger partial charge in [-0.1, -0.05) is 369 Å². The molecule has 0 radical (unpaired) electrons. The van der Waals surface area contributed by atoms with Crippen molar-refractivity contribution >= 4 is 5.91 Å². The van der Waals surface area contributed by atoms with Crippen LogP contribution in [0.4, 0.5) is 0 Å². The number of amides is 1. The molecule has 4 heteroatoms. The molecule has 0 heterocycles. The predicted octanol–water partition coefficient (Wildman–Crippen LogP) is 24.8. The number of carbonyl (C=O) groups excluding carboxylic acids is 1. The maximum Gasteiger partial charge on any atom is 0.220 e. The minimum Gasteiger partial charge on any atom is -0.394 e. The summed E-state index contributed by atoms with van der Waals surface area (Å²) in [5, 5.41) is 23.3. The van der Waals surface area contributed by atoms with Gasteiger partial charge in [0.05, 0.1) is 18.8 Å². The third kappa shape index (κ3) is 66.6. The number of carbonyl (C=O) groups is 1. The number of rotatable bonds is 67. The van der Waals surface area contributed by atoms with Gasteiger partial charge >= 0.3 is 0 Å². The second-order valence-corrected chi connectivity index (χ2v) is 24.6. The Bertz CT molecular complexity index is 1360. The summed E-state index contributed by atoms with van der Waals surface area (Å²) in [5.41, 5.74) is 0. The first-order chi connectivity index (χ1) is 39.7. The van der Waals surface area contributed by atoms with Crippen molar-refractivity contribution in [1.82, 2.24) is 5.32 Å². The van der Waals surface area contributed by atoms with Crippen LogP contribution >= 0.6 is 0 Å². The number of allylic oxidation sites excluding steroid dienone is 11. The first-order valence-corrected chi connectivity index (χ1v) is 36.2. The van der Waals surface area contributed by atoms with E-state index in [2.05, 4.69) is 79.9 Å². The van der Waals surface area contributed by atoms with Gasteiger partial charge in [0, 0.05) is 6.42 Å². The lowest BCUT2D eigenvalue weighted by Crippen LogP contribution is -2.45. The topological polar surface area (TPSA) is 69.6 Å². The largest absolute Gasteiger partial charge is 0.394 e. The van der Waals surface area contributed by atoms with Gasteiger partial charge in [0.1, 0.15) is 0 Å². The standard InChI is InChI=1S/C76H141NO3/c1-3-5-7-9-11-13-15-17-19-21-23-25-27-29-31-33-34-35-36-37-38-39-40-41-42-44-46-48-50-52-54-56-58-60-62-64-66-68-70-72-76(80)77-74(73-78)75(79)71-69-67-65-63-61-59-57-55-53-51-49-47-45-43-32-30-28-26-24-22-20-18-16-14-12-10-8-6-4-2/h15,17,21,23,27,29,53,55,61,63,69,71,74-75,78-79H,3-14,16,18-20,22,24-26,28,30-52,54,56-60,62,64-68,70,72-73H2,1-2H3,(H,77,80)/b17-15-,23-21-,29-27-,55-53+,63-61+,71-69+. The van der Waals surface area contributed by atoms with Crippen LogP contribution < -0.4 is 5.32 Å². The Kier molecular flexibility index (Phi) is 69.2. The van der Waals surface area contributed by atoms with Gasteiger partial charge in [0.2, 0.25) is 5.91 Å². The van der Waals surface area contributed by atoms with Gasteiger partial charge in [-0.15, -0.1) is 0 Å². The molecule has 0 saturated carbocycles. The monoisotopic (exact) mass is 1120 g/mol. The summed E-state index contributed by atoms with van der Waals surface area (Å²) in [6.45, 7) is 4.32. The fraction of sp³-hybridized carbons (Fsp3) is 0.829.